The molecule has 0 bridgehead atoms. The Balaban J connectivity index is 1.50. The Kier molecular flexibility index (Phi) is 4.92. The van der Waals surface area contributed by atoms with Gasteiger partial charge in [-0.3, -0.25) is 9.69 Å². The topological polar surface area (TPSA) is 49.8 Å². The van der Waals surface area contributed by atoms with E-state index in [-0.39, 0.29) is 11.9 Å². The highest BCUT2D eigenvalue weighted by atomic mass is 16.4. The number of furan rings is 2. The van der Waals surface area contributed by atoms with Crippen molar-refractivity contribution in [2.75, 3.05) is 19.6 Å². The molecular formula is C20H26N2O3. The Morgan fingerprint density at radius 2 is 1.88 bits per heavy atom. The molecule has 25 heavy (non-hydrogen) atoms. The summed E-state index contributed by atoms with van der Waals surface area (Å²) in [6, 6.07) is 7.65. The third-order valence-electron chi connectivity index (χ3n) is 5.34. The van der Waals surface area contributed by atoms with Gasteiger partial charge in [-0.2, -0.15) is 0 Å². The average Bonchev–Trinajstić information content (AvgIpc) is 3.36. The quantitative estimate of drug-likeness (QED) is 0.834. The zero-order valence-corrected chi connectivity index (χ0v) is 14.7. The van der Waals surface area contributed by atoms with Gasteiger partial charge < -0.3 is 13.7 Å². The molecule has 0 saturated carbocycles. The number of likely N-dealkylation sites (tertiary alicyclic amines) is 2. The molecule has 134 valence electrons. The zero-order valence-electron chi connectivity index (χ0n) is 14.7. The molecule has 5 nitrogen and oxygen atoms in total. The van der Waals surface area contributed by atoms with E-state index in [9.17, 15) is 4.79 Å². The predicted molar refractivity (Wildman–Crippen MR) is 94.2 cm³/mol. The molecule has 4 rings (SSSR count). The number of hydrogen-bond donors (Lipinski definition) is 0. The molecule has 1 atom stereocenters. The monoisotopic (exact) mass is 342 g/mol. The van der Waals surface area contributed by atoms with E-state index in [1.807, 2.05) is 29.2 Å². The van der Waals surface area contributed by atoms with Crippen LogP contribution in [0.15, 0.2) is 39.4 Å². The van der Waals surface area contributed by atoms with Gasteiger partial charge in [0.25, 0.3) is 5.91 Å². The summed E-state index contributed by atoms with van der Waals surface area (Å²) in [5.74, 6) is 2.19. The third kappa shape index (κ3) is 3.66. The molecule has 0 aromatic carbocycles. The summed E-state index contributed by atoms with van der Waals surface area (Å²) in [5, 5.41) is 0. The highest BCUT2D eigenvalue weighted by Gasteiger charge is 2.31. The smallest absolute Gasteiger partial charge is 0.290 e. The molecule has 2 aromatic heterocycles. The van der Waals surface area contributed by atoms with Crippen LogP contribution in [-0.2, 0) is 6.54 Å². The second kappa shape index (κ2) is 7.48. The standard InChI is InChI=1S/C20H26N2O3/c23-20(19-10-9-16(25-19)15-21-11-4-5-12-21)22-13-3-1-2-7-17(22)18-8-6-14-24-18/h6,8-10,14,17H,1-5,7,11-13,15H2/t17-/m1/s1. The maximum Gasteiger partial charge on any atom is 0.290 e. The van der Waals surface area contributed by atoms with Gasteiger partial charge in [-0.1, -0.05) is 12.8 Å². The molecule has 0 N–H and O–H groups in total. The van der Waals surface area contributed by atoms with Crippen molar-refractivity contribution < 1.29 is 13.6 Å². The molecule has 2 fully saturated rings. The van der Waals surface area contributed by atoms with Crippen molar-refractivity contribution >= 4 is 5.91 Å². The lowest BCUT2D eigenvalue weighted by molar-refractivity contribution is 0.0622. The lowest BCUT2D eigenvalue weighted by Crippen LogP contribution is -2.34. The first-order valence-electron chi connectivity index (χ1n) is 9.47. The number of carbonyl (C=O) groups is 1. The first-order chi connectivity index (χ1) is 12.3. The van der Waals surface area contributed by atoms with Crippen LogP contribution < -0.4 is 0 Å². The van der Waals surface area contributed by atoms with E-state index in [4.69, 9.17) is 8.83 Å². The lowest BCUT2D eigenvalue weighted by Gasteiger charge is -2.27. The Morgan fingerprint density at radius 3 is 2.68 bits per heavy atom. The molecule has 4 heterocycles. The third-order valence-corrected chi connectivity index (χ3v) is 5.34. The summed E-state index contributed by atoms with van der Waals surface area (Å²) < 4.78 is 11.5. The first kappa shape index (κ1) is 16.5. The van der Waals surface area contributed by atoms with E-state index in [0.29, 0.717) is 5.76 Å². The fourth-order valence-corrected chi connectivity index (χ4v) is 4.01. The highest BCUT2D eigenvalue weighted by Crippen LogP contribution is 2.32. The molecule has 0 unspecified atom stereocenters. The predicted octanol–water partition coefficient (Wildman–Crippen LogP) is 4.23. The van der Waals surface area contributed by atoms with Gasteiger partial charge in [0.15, 0.2) is 5.76 Å². The minimum Gasteiger partial charge on any atom is -0.467 e. The van der Waals surface area contributed by atoms with Crippen LogP contribution in [0.3, 0.4) is 0 Å². The normalized spacial score (nSPS) is 22.2. The van der Waals surface area contributed by atoms with Crippen LogP contribution in [-0.4, -0.2) is 35.3 Å². The van der Waals surface area contributed by atoms with Crippen molar-refractivity contribution in [3.05, 3.63) is 47.8 Å². The van der Waals surface area contributed by atoms with Gasteiger partial charge in [0.1, 0.15) is 11.5 Å². The highest BCUT2D eigenvalue weighted by molar-refractivity contribution is 5.91. The SMILES string of the molecule is O=C(c1ccc(CN2CCCC2)o1)N1CCCCC[C@@H]1c1ccco1. The summed E-state index contributed by atoms with van der Waals surface area (Å²) >= 11 is 0. The van der Waals surface area contributed by atoms with E-state index in [0.717, 1.165) is 63.4 Å². The molecule has 2 aliphatic heterocycles. The maximum absolute atomic E-state index is 13.1. The van der Waals surface area contributed by atoms with E-state index in [1.54, 1.807) is 6.26 Å². The number of carbonyl (C=O) groups excluding carboxylic acids is 1. The molecule has 2 aromatic rings. The van der Waals surface area contributed by atoms with Crippen molar-refractivity contribution in [3.63, 3.8) is 0 Å². The Morgan fingerprint density at radius 1 is 1.04 bits per heavy atom. The molecule has 0 radical (unpaired) electrons. The van der Waals surface area contributed by atoms with Crippen LogP contribution in [0.4, 0.5) is 0 Å². The second-order valence-electron chi connectivity index (χ2n) is 7.13. The summed E-state index contributed by atoms with van der Waals surface area (Å²) in [6.07, 6.45) is 8.44. The molecule has 2 saturated heterocycles. The van der Waals surface area contributed by atoms with Crippen LogP contribution in [0.25, 0.3) is 0 Å². The summed E-state index contributed by atoms with van der Waals surface area (Å²) in [7, 11) is 0. The van der Waals surface area contributed by atoms with Gasteiger partial charge >= 0.3 is 0 Å². The van der Waals surface area contributed by atoms with Gasteiger partial charge in [0.05, 0.1) is 18.8 Å². The fraction of sp³-hybridized carbons (Fsp3) is 0.550. The van der Waals surface area contributed by atoms with Crippen molar-refractivity contribution in [1.29, 1.82) is 0 Å². The van der Waals surface area contributed by atoms with Crippen molar-refractivity contribution in [2.24, 2.45) is 0 Å². The Bertz CT molecular complexity index is 686. The van der Waals surface area contributed by atoms with Crippen molar-refractivity contribution in [2.45, 2.75) is 51.1 Å². The van der Waals surface area contributed by atoms with Crippen LogP contribution in [0, 0.1) is 0 Å². The molecule has 1 amide bonds. The van der Waals surface area contributed by atoms with Gasteiger partial charge in [0, 0.05) is 6.54 Å². The minimum absolute atomic E-state index is 0.0112. The molecule has 5 heteroatoms. The molecule has 0 spiro atoms. The van der Waals surface area contributed by atoms with Crippen LogP contribution in [0.2, 0.25) is 0 Å². The lowest BCUT2D eigenvalue weighted by atomic mass is 10.1. The van der Waals surface area contributed by atoms with E-state index in [1.165, 1.54) is 12.8 Å². The number of rotatable bonds is 4. The van der Waals surface area contributed by atoms with Crippen LogP contribution >= 0.6 is 0 Å². The van der Waals surface area contributed by atoms with Gasteiger partial charge in [0.2, 0.25) is 0 Å². The zero-order chi connectivity index (χ0) is 17.1. The molecule has 0 aliphatic carbocycles. The molecular weight excluding hydrogens is 316 g/mol. The first-order valence-corrected chi connectivity index (χ1v) is 9.47. The summed E-state index contributed by atoms with van der Waals surface area (Å²) in [4.78, 5) is 17.4. The fourth-order valence-electron chi connectivity index (χ4n) is 4.01. The van der Waals surface area contributed by atoms with Gasteiger partial charge in [-0.25, -0.2) is 0 Å². The second-order valence-corrected chi connectivity index (χ2v) is 7.13. The number of nitrogens with zero attached hydrogens (tertiary/aromatic N) is 2. The van der Waals surface area contributed by atoms with E-state index in [2.05, 4.69) is 4.90 Å². The number of hydrogen-bond acceptors (Lipinski definition) is 4. The largest absolute Gasteiger partial charge is 0.467 e. The van der Waals surface area contributed by atoms with Crippen LogP contribution in [0.5, 0.6) is 0 Å². The van der Waals surface area contributed by atoms with Crippen LogP contribution in [0.1, 0.15) is 66.6 Å². The van der Waals surface area contributed by atoms with Crippen molar-refractivity contribution in [1.82, 2.24) is 9.80 Å². The summed E-state index contributed by atoms with van der Waals surface area (Å²) in [6.45, 7) is 3.80. The van der Waals surface area contributed by atoms with E-state index >= 15 is 0 Å². The van der Waals surface area contributed by atoms with E-state index < -0.39 is 0 Å². The Labute approximate surface area is 148 Å². The van der Waals surface area contributed by atoms with Crippen molar-refractivity contribution in [3.8, 4) is 0 Å². The maximum atomic E-state index is 13.1. The average molecular weight is 342 g/mol. The van der Waals surface area contributed by atoms with Gasteiger partial charge in [-0.15, -0.1) is 0 Å². The minimum atomic E-state index is -0.0176. The molecule has 2 aliphatic rings. The number of amides is 1. The van der Waals surface area contributed by atoms with Gasteiger partial charge in [-0.05, 0) is 63.0 Å². The Hall–Kier alpha value is -2.01. The summed E-state index contributed by atoms with van der Waals surface area (Å²) in [5.41, 5.74) is 0.